The van der Waals surface area contributed by atoms with E-state index in [4.69, 9.17) is 14.6 Å². The zero-order valence-corrected chi connectivity index (χ0v) is 10.7. The van der Waals surface area contributed by atoms with E-state index in [1.54, 1.807) is 12.1 Å². The largest absolute Gasteiger partial charge is 0.484 e. The zero-order chi connectivity index (χ0) is 14.1. The molecule has 1 rings (SSSR count). The van der Waals surface area contributed by atoms with Crippen molar-refractivity contribution in [1.82, 2.24) is 5.32 Å². The summed E-state index contributed by atoms with van der Waals surface area (Å²) in [6.07, 6.45) is 0. The summed E-state index contributed by atoms with van der Waals surface area (Å²) in [5.41, 5.74) is 1.12. The molecule has 2 N–H and O–H groups in total. The fraction of sp³-hybridized carbons (Fsp3) is 0.385. The van der Waals surface area contributed by atoms with Crippen LogP contribution in [0.4, 0.5) is 0 Å². The second-order valence-electron chi connectivity index (χ2n) is 3.90. The van der Waals surface area contributed by atoms with Crippen LogP contribution < -0.4 is 10.1 Å². The highest BCUT2D eigenvalue weighted by atomic mass is 16.5. The van der Waals surface area contributed by atoms with E-state index in [2.05, 4.69) is 5.32 Å². The van der Waals surface area contributed by atoms with Crippen molar-refractivity contribution in [2.24, 2.45) is 0 Å². The first-order valence-corrected chi connectivity index (χ1v) is 5.83. The standard InChI is InChI=1S/C13H17NO5/c1-10-2-4-11(5-3-10)19-8-12(15)14-6-7-18-9-13(16)17/h2-5H,6-9H2,1H3,(H,14,15)(H,16,17). The summed E-state index contributed by atoms with van der Waals surface area (Å²) in [6, 6.07) is 7.37. The number of hydrogen-bond donors (Lipinski definition) is 2. The Bertz CT molecular complexity index is 416. The lowest BCUT2D eigenvalue weighted by Gasteiger charge is -2.07. The van der Waals surface area contributed by atoms with Crippen LogP contribution in [0.5, 0.6) is 5.75 Å². The first-order valence-electron chi connectivity index (χ1n) is 5.83. The van der Waals surface area contributed by atoms with Gasteiger partial charge in [0.2, 0.25) is 0 Å². The van der Waals surface area contributed by atoms with Crippen molar-refractivity contribution in [3.05, 3.63) is 29.8 Å². The highest BCUT2D eigenvalue weighted by Gasteiger charge is 2.02. The molecule has 0 aliphatic rings. The van der Waals surface area contributed by atoms with Crippen LogP contribution in [-0.2, 0) is 14.3 Å². The average Bonchev–Trinajstić information content (AvgIpc) is 2.37. The Morgan fingerprint density at radius 3 is 2.53 bits per heavy atom. The molecule has 6 nitrogen and oxygen atoms in total. The predicted molar refractivity (Wildman–Crippen MR) is 68.1 cm³/mol. The van der Waals surface area contributed by atoms with Gasteiger partial charge in [-0.15, -0.1) is 0 Å². The molecule has 1 amide bonds. The Morgan fingerprint density at radius 1 is 1.21 bits per heavy atom. The van der Waals surface area contributed by atoms with Gasteiger partial charge in [-0.05, 0) is 19.1 Å². The predicted octanol–water partition coefficient (Wildman–Crippen LogP) is 0.591. The van der Waals surface area contributed by atoms with Crippen molar-refractivity contribution in [3.8, 4) is 5.75 Å². The summed E-state index contributed by atoms with van der Waals surface area (Å²) in [5.74, 6) is -0.684. The molecule has 0 aliphatic heterocycles. The number of aliphatic carboxylic acids is 1. The maximum Gasteiger partial charge on any atom is 0.329 e. The molecule has 0 aliphatic carbocycles. The van der Waals surface area contributed by atoms with Crippen molar-refractivity contribution in [1.29, 1.82) is 0 Å². The molecule has 0 atom stereocenters. The van der Waals surface area contributed by atoms with E-state index in [1.165, 1.54) is 0 Å². The number of benzene rings is 1. The van der Waals surface area contributed by atoms with Gasteiger partial charge >= 0.3 is 5.97 Å². The van der Waals surface area contributed by atoms with Crippen LogP contribution in [0.25, 0.3) is 0 Å². The molecule has 0 saturated carbocycles. The third-order valence-electron chi connectivity index (χ3n) is 2.19. The normalized spacial score (nSPS) is 9.95. The quantitative estimate of drug-likeness (QED) is 0.673. The molecule has 1 aromatic rings. The van der Waals surface area contributed by atoms with Gasteiger partial charge in [-0.25, -0.2) is 4.79 Å². The summed E-state index contributed by atoms with van der Waals surface area (Å²) in [7, 11) is 0. The van der Waals surface area contributed by atoms with Crippen LogP contribution in [0.3, 0.4) is 0 Å². The van der Waals surface area contributed by atoms with Gasteiger partial charge in [-0.3, -0.25) is 4.79 Å². The minimum Gasteiger partial charge on any atom is -0.484 e. The number of rotatable bonds is 8. The number of carbonyl (C=O) groups is 2. The van der Waals surface area contributed by atoms with Gasteiger partial charge in [-0.2, -0.15) is 0 Å². The number of hydrogen-bond acceptors (Lipinski definition) is 4. The van der Waals surface area contributed by atoms with Crippen LogP contribution in [0.1, 0.15) is 5.56 Å². The van der Waals surface area contributed by atoms with E-state index in [-0.39, 0.29) is 32.3 Å². The van der Waals surface area contributed by atoms with Gasteiger partial charge in [0, 0.05) is 6.54 Å². The first kappa shape index (κ1) is 15.0. The molecule has 0 spiro atoms. The number of carbonyl (C=O) groups excluding carboxylic acids is 1. The van der Waals surface area contributed by atoms with Crippen LogP contribution in [-0.4, -0.2) is 43.3 Å². The summed E-state index contributed by atoms with van der Waals surface area (Å²) in [4.78, 5) is 21.5. The van der Waals surface area contributed by atoms with E-state index >= 15 is 0 Å². The Balaban J connectivity index is 2.11. The fourth-order valence-corrected chi connectivity index (χ4v) is 1.26. The van der Waals surface area contributed by atoms with Gasteiger partial charge in [0.1, 0.15) is 12.4 Å². The monoisotopic (exact) mass is 267 g/mol. The molecule has 6 heteroatoms. The van der Waals surface area contributed by atoms with Gasteiger partial charge in [-0.1, -0.05) is 17.7 Å². The number of nitrogens with one attached hydrogen (secondary N) is 1. The highest BCUT2D eigenvalue weighted by Crippen LogP contribution is 2.10. The van der Waals surface area contributed by atoms with Crippen molar-refractivity contribution in [2.45, 2.75) is 6.92 Å². The number of carboxylic acids is 1. The van der Waals surface area contributed by atoms with Gasteiger partial charge in [0.05, 0.1) is 6.61 Å². The van der Waals surface area contributed by atoms with E-state index in [0.717, 1.165) is 5.56 Å². The number of carboxylic acid groups (broad SMARTS) is 1. The summed E-state index contributed by atoms with van der Waals surface area (Å²) in [6.45, 7) is 1.93. The minimum absolute atomic E-state index is 0.0814. The maximum atomic E-state index is 11.4. The van der Waals surface area contributed by atoms with Gasteiger partial charge < -0.3 is 19.9 Å². The molecule has 104 valence electrons. The lowest BCUT2D eigenvalue weighted by Crippen LogP contribution is -2.32. The third kappa shape index (κ3) is 7.05. The molecule has 0 aromatic heterocycles. The smallest absolute Gasteiger partial charge is 0.329 e. The summed E-state index contributed by atoms with van der Waals surface area (Å²) >= 11 is 0. The molecule has 0 unspecified atom stereocenters. The van der Waals surface area contributed by atoms with Crippen molar-refractivity contribution >= 4 is 11.9 Å². The van der Waals surface area contributed by atoms with Crippen LogP contribution in [0, 0.1) is 6.92 Å². The average molecular weight is 267 g/mol. The first-order chi connectivity index (χ1) is 9.08. The molecular formula is C13H17NO5. The van der Waals surface area contributed by atoms with E-state index in [1.807, 2.05) is 19.1 Å². The number of amides is 1. The zero-order valence-electron chi connectivity index (χ0n) is 10.7. The van der Waals surface area contributed by atoms with Crippen molar-refractivity contribution < 1.29 is 24.2 Å². The Morgan fingerprint density at radius 2 is 1.89 bits per heavy atom. The third-order valence-corrected chi connectivity index (χ3v) is 2.19. The SMILES string of the molecule is Cc1ccc(OCC(=O)NCCOCC(=O)O)cc1. The van der Waals surface area contributed by atoms with E-state index in [0.29, 0.717) is 5.75 Å². The molecule has 1 aromatic carbocycles. The Hall–Kier alpha value is -2.08. The number of ether oxygens (including phenoxy) is 2. The van der Waals surface area contributed by atoms with Crippen molar-refractivity contribution in [3.63, 3.8) is 0 Å². The molecule has 0 bridgehead atoms. The maximum absolute atomic E-state index is 11.4. The van der Waals surface area contributed by atoms with Crippen LogP contribution in [0.2, 0.25) is 0 Å². The topological polar surface area (TPSA) is 84.9 Å². The van der Waals surface area contributed by atoms with E-state index < -0.39 is 5.97 Å². The minimum atomic E-state index is -1.03. The summed E-state index contributed by atoms with van der Waals surface area (Å²) < 4.78 is 10.0. The lowest BCUT2D eigenvalue weighted by atomic mass is 10.2. The molecular weight excluding hydrogens is 250 g/mol. The Labute approximate surface area is 111 Å². The second-order valence-corrected chi connectivity index (χ2v) is 3.90. The lowest BCUT2D eigenvalue weighted by molar-refractivity contribution is -0.142. The highest BCUT2D eigenvalue weighted by molar-refractivity contribution is 5.77. The van der Waals surface area contributed by atoms with Gasteiger partial charge in [0.15, 0.2) is 6.61 Å². The van der Waals surface area contributed by atoms with Crippen LogP contribution >= 0.6 is 0 Å². The molecule has 0 heterocycles. The van der Waals surface area contributed by atoms with Gasteiger partial charge in [0.25, 0.3) is 5.91 Å². The second kappa shape index (κ2) is 8.10. The molecule has 0 fully saturated rings. The number of aryl methyl sites for hydroxylation is 1. The van der Waals surface area contributed by atoms with Crippen molar-refractivity contribution in [2.75, 3.05) is 26.4 Å². The van der Waals surface area contributed by atoms with E-state index in [9.17, 15) is 9.59 Å². The Kier molecular flexibility index (Phi) is 6.38. The fourth-order valence-electron chi connectivity index (χ4n) is 1.26. The molecule has 19 heavy (non-hydrogen) atoms. The molecule has 0 radical (unpaired) electrons. The summed E-state index contributed by atoms with van der Waals surface area (Å²) in [5, 5.41) is 10.9. The molecule has 0 saturated heterocycles. The van der Waals surface area contributed by atoms with Crippen LogP contribution in [0.15, 0.2) is 24.3 Å².